The molecule has 0 unspecified atom stereocenters. The van der Waals surface area contributed by atoms with E-state index in [9.17, 15) is 9.18 Å². The molecular weight excluding hydrogens is 358 g/mol. The van der Waals surface area contributed by atoms with Crippen LogP contribution in [0.2, 0.25) is 10.3 Å². The summed E-state index contributed by atoms with van der Waals surface area (Å²) in [5, 5.41) is 2.61. The molecule has 2 aromatic rings. The van der Waals surface area contributed by atoms with Crippen LogP contribution < -0.4 is 5.32 Å². The third-order valence-corrected chi connectivity index (χ3v) is 3.08. The fourth-order valence-electron chi connectivity index (χ4n) is 1.38. The average Bonchev–Trinajstić information content (AvgIpc) is 2.32. The van der Waals surface area contributed by atoms with Gasteiger partial charge < -0.3 is 5.32 Å². The van der Waals surface area contributed by atoms with E-state index in [4.69, 9.17) is 23.2 Å². The third kappa shape index (κ3) is 3.65. The number of halogens is 4. The van der Waals surface area contributed by atoms with E-state index >= 15 is 0 Å². The van der Waals surface area contributed by atoms with Gasteiger partial charge in [0.15, 0.2) is 0 Å². The van der Waals surface area contributed by atoms with Gasteiger partial charge in [0.05, 0.1) is 5.69 Å². The lowest BCUT2D eigenvalue weighted by Gasteiger charge is -2.07. The summed E-state index contributed by atoms with van der Waals surface area (Å²) >= 11 is 14.6. The van der Waals surface area contributed by atoms with Crippen molar-refractivity contribution in [3.63, 3.8) is 0 Å². The summed E-state index contributed by atoms with van der Waals surface area (Å²) in [5.74, 6) is -1.06. The Hall–Kier alpha value is -1.17. The predicted molar refractivity (Wildman–Crippen MR) is 76.3 cm³/mol. The van der Waals surface area contributed by atoms with Crippen molar-refractivity contribution in [1.82, 2.24) is 4.98 Å². The van der Waals surface area contributed by atoms with Crippen molar-refractivity contribution in [2.45, 2.75) is 0 Å². The number of rotatable bonds is 2. The van der Waals surface area contributed by atoms with Gasteiger partial charge in [-0.25, -0.2) is 9.37 Å². The van der Waals surface area contributed by atoms with Gasteiger partial charge in [0.1, 0.15) is 16.1 Å². The van der Waals surface area contributed by atoms with Crippen molar-refractivity contribution in [3.8, 4) is 0 Å². The predicted octanol–water partition coefficient (Wildman–Crippen LogP) is 4.54. The van der Waals surface area contributed by atoms with Crippen molar-refractivity contribution in [2.24, 2.45) is 0 Å². The number of hydrogen-bond donors (Lipinski definition) is 1. The first-order valence-corrected chi connectivity index (χ1v) is 6.60. The van der Waals surface area contributed by atoms with Crippen LogP contribution in [-0.4, -0.2) is 10.9 Å². The van der Waals surface area contributed by atoms with Crippen LogP contribution >= 0.6 is 39.1 Å². The highest BCUT2D eigenvalue weighted by Gasteiger charge is 2.11. The van der Waals surface area contributed by atoms with Gasteiger partial charge in [-0.1, -0.05) is 39.1 Å². The summed E-state index contributed by atoms with van der Waals surface area (Å²) in [5.41, 5.74) is 0.257. The summed E-state index contributed by atoms with van der Waals surface area (Å²) in [7, 11) is 0. The van der Waals surface area contributed by atoms with E-state index in [0.717, 1.165) is 0 Å². The molecule has 0 saturated heterocycles. The van der Waals surface area contributed by atoms with Gasteiger partial charge in [-0.15, -0.1) is 0 Å². The third-order valence-electron chi connectivity index (χ3n) is 2.20. The van der Waals surface area contributed by atoms with Gasteiger partial charge in [0.25, 0.3) is 5.91 Å². The Balaban J connectivity index is 2.28. The molecule has 1 aromatic carbocycles. The molecule has 7 heteroatoms. The molecule has 0 aliphatic heterocycles. The van der Waals surface area contributed by atoms with Crippen LogP contribution in [-0.2, 0) is 0 Å². The zero-order valence-electron chi connectivity index (χ0n) is 9.25. The molecule has 1 N–H and O–H groups in total. The number of anilines is 1. The fraction of sp³-hybridized carbons (Fsp3) is 0. The Labute approximate surface area is 126 Å². The Morgan fingerprint density at radius 3 is 2.47 bits per heavy atom. The average molecular weight is 364 g/mol. The molecule has 0 radical (unpaired) electrons. The van der Waals surface area contributed by atoms with Crippen molar-refractivity contribution in [3.05, 3.63) is 56.5 Å². The zero-order chi connectivity index (χ0) is 14.0. The maximum absolute atomic E-state index is 13.5. The molecule has 1 amide bonds. The van der Waals surface area contributed by atoms with Crippen molar-refractivity contribution >= 4 is 50.7 Å². The molecule has 1 heterocycles. The van der Waals surface area contributed by atoms with Crippen LogP contribution in [0.4, 0.5) is 10.1 Å². The summed E-state index contributed by atoms with van der Waals surface area (Å²) < 4.78 is 14.2. The lowest BCUT2D eigenvalue weighted by Crippen LogP contribution is -2.13. The van der Waals surface area contributed by atoms with Crippen LogP contribution in [0.5, 0.6) is 0 Å². The van der Waals surface area contributed by atoms with Crippen molar-refractivity contribution in [1.29, 1.82) is 0 Å². The van der Waals surface area contributed by atoms with E-state index in [-0.39, 0.29) is 21.6 Å². The number of carbonyl (C=O) groups excluding carboxylic acids is 1. The van der Waals surface area contributed by atoms with Gasteiger partial charge in [-0.3, -0.25) is 4.79 Å². The number of aromatic nitrogens is 1. The molecule has 0 spiro atoms. The largest absolute Gasteiger partial charge is 0.319 e. The second kappa shape index (κ2) is 5.86. The minimum absolute atomic E-state index is 0.0587. The Morgan fingerprint density at radius 2 is 1.84 bits per heavy atom. The Bertz CT molecular complexity index is 631. The maximum atomic E-state index is 13.5. The summed E-state index contributed by atoms with van der Waals surface area (Å²) in [6.07, 6.45) is 0. The highest BCUT2D eigenvalue weighted by Crippen LogP contribution is 2.21. The van der Waals surface area contributed by atoms with E-state index in [1.807, 2.05) is 0 Å². The summed E-state index contributed by atoms with van der Waals surface area (Å²) in [6.45, 7) is 0. The second-order valence-electron chi connectivity index (χ2n) is 3.58. The molecular formula is C12H6BrCl2FN2O. The first-order valence-electron chi connectivity index (χ1n) is 5.05. The number of amides is 1. The Morgan fingerprint density at radius 1 is 1.21 bits per heavy atom. The highest BCUT2D eigenvalue weighted by molar-refractivity contribution is 9.10. The molecule has 0 fully saturated rings. The first kappa shape index (κ1) is 14.2. The fourth-order valence-corrected chi connectivity index (χ4v) is 2.21. The van der Waals surface area contributed by atoms with Crippen molar-refractivity contribution in [2.75, 3.05) is 5.32 Å². The van der Waals surface area contributed by atoms with E-state index in [1.165, 1.54) is 30.3 Å². The molecule has 0 aliphatic carbocycles. The van der Waals surface area contributed by atoms with E-state index in [1.54, 1.807) is 0 Å². The van der Waals surface area contributed by atoms with Gasteiger partial charge in [-0.2, -0.15) is 0 Å². The zero-order valence-corrected chi connectivity index (χ0v) is 12.4. The van der Waals surface area contributed by atoms with Crippen molar-refractivity contribution < 1.29 is 9.18 Å². The van der Waals surface area contributed by atoms with Crippen LogP contribution in [0, 0.1) is 5.82 Å². The molecule has 3 nitrogen and oxygen atoms in total. The molecule has 0 aliphatic rings. The summed E-state index contributed by atoms with van der Waals surface area (Å²) in [4.78, 5) is 15.7. The van der Waals surface area contributed by atoms with Gasteiger partial charge in [0, 0.05) is 10.0 Å². The molecule has 19 heavy (non-hydrogen) atoms. The van der Waals surface area contributed by atoms with Crippen LogP contribution in [0.25, 0.3) is 0 Å². The smallest absolute Gasteiger partial charge is 0.255 e. The normalized spacial score (nSPS) is 10.3. The minimum atomic E-state index is -0.539. The molecule has 0 bridgehead atoms. The van der Waals surface area contributed by atoms with Crippen LogP contribution in [0.3, 0.4) is 0 Å². The second-order valence-corrected chi connectivity index (χ2v) is 5.27. The SMILES string of the molecule is O=C(Nc1cc(Br)ccc1F)c1cc(Cl)nc(Cl)c1. The molecule has 2 rings (SSSR count). The maximum Gasteiger partial charge on any atom is 0.255 e. The lowest BCUT2D eigenvalue weighted by atomic mass is 10.2. The standard InChI is InChI=1S/C12H6BrCl2FN2O/c13-7-1-2-8(16)9(5-7)17-12(19)6-3-10(14)18-11(15)4-6/h1-5H,(H,17,19). The van der Waals surface area contributed by atoms with Gasteiger partial charge in [0.2, 0.25) is 0 Å². The first-order chi connectivity index (χ1) is 8.95. The molecule has 98 valence electrons. The highest BCUT2D eigenvalue weighted by atomic mass is 79.9. The number of hydrogen-bond acceptors (Lipinski definition) is 2. The summed E-state index contributed by atoms with van der Waals surface area (Å²) in [6, 6.07) is 6.92. The quantitative estimate of drug-likeness (QED) is 0.795. The van der Waals surface area contributed by atoms with E-state index in [2.05, 4.69) is 26.2 Å². The molecule has 0 saturated carbocycles. The lowest BCUT2D eigenvalue weighted by molar-refractivity contribution is 0.102. The monoisotopic (exact) mass is 362 g/mol. The van der Waals surface area contributed by atoms with Gasteiger partial charge in [-0.05, 0) is 30.3 Å². The molecule has 1 aromatic heterocycles. The Kier molecular flexibility index (Phi) is 4.39. The molecule has 0 atom stereocenters. The van der Waals surface area contributed by atoms with E-state index < -0.39 is 11.7 Å². The van der Waals surface area contributed by atoms with Crippen LogP contribution in [0.15, 0.2) is 34.8 Å². The van der Waals surface area contributed by atoms with Crippen LogP contribution in [0.1, 0.15) is 10.4 Å². The van der Waals surface area contributed by atoms with Gasteiger partial charge >= 0.3 is 0 Å². The number of benzene rings is 1. The number of pyridine rings is 1. The number of nitrogens with zero attached hydrogens (tertiary/aromatic N) is 1. The topological polar surface area (TPSA) is 42.0 Å². The number of carbonyl (C=O) groups is 1. The minimum Gasteiger partial charge on any atom is -0.319 e. The van der Waals surface area contributed by atoms with E-state index in [0.29, 0.717) is 4.47 Å². The number of nitrogens with one attached hydrogen (secondary N) is 1.